The fraction of sp³-hybridized carbons (Fsp3) is 0.350. The molecule has 172 valence electrons. The van der Waals surface area contributed by atoms with Gasteiger partial charge in [0.15, 0.2) is 5.58 Å². The lowest BCUT2D eigenvalue weighted by Gasteiger charge is -2.40. The van der Waals surface area contributed by atoms with E-state index < -0.39 is 29.9 Å². The van der Waals surface area contributed by atoms with Gasteiger partial charge < -0.3 is 26.1 Å². The first-order valence-corrected chi connectivity index (χ1v) is 9.59. The van der Waals surface area contributed by atoms with E-state index in [-0.39, 0.29) is 53.5 Å². The van der Waals surface area contributed by atoms with Crippen molar-refractivity contribution >= 4 is 29.6 Å². The maximum absolute atomic E-state index is 13.4. The first kappa shape index (κ1) is 23.3. The van der Waals surface area contributed by atoms with Crippen molar-refractivity contribution in [3.63, 3.8) is 0 Å². The van der Waals surface area contributed by atoms with Crippen molar-refractivity contribution in [2.45, 2.75) is 25.6 Å². The minimum atomic E-state index is -4.41. The van der Waals surface area contributed by atoms with Crippen LogP contribution in [-0.2, 0) is 0 Å². The van der Waals surface area contributed by atoms with Gasteiger partial charge in [0.05, 0.1) is 29.7 Å². The Morgan fingerprint density at radius 1 is 1.44 bits per heavy atom. The topological polar surface area (TPSA) is 123 Å². The Labute approximate surface area is 180 Å². The molecule has 0 saturated carbocycles. The summed E-state index contributed by atoms with van der Waals surface area (Å²) in [5.74, 6) is -3.35. The number of aliphatic imine (C=N–C) groups is 1. The van der Waals surface area contributed by atoms with Crippen LogP contribution >= 0.6 is 0 Å². The maximum atomic E-state index is 13.4. The second-order valence-electron chi connectivity index (χ2n) is 7.33. The summed E-state index contributed by atoms with van der Waals surface area (Å²) in [6.07, 6.45) is -0.972. The standard InChI is InChI=1S/C20H22F4N6O2/c1-3-14(30-8-10(20(22,23)24)4-12(25)9-30)13(7-27-2)29-19(31)16-17-15(32-18(16)26)5-11(21)6-28-17/h3,5-7,10,12H,2,4,8-9,25-26H2,1H3,(H,29,31)/b13-7+,14-3+/t10-,12+/m1/s1. The summed E-state index contributed by atoms with van der Waals surface area (Å²) < 4.78 is 58.6. The van der Waals surface area contributed by atoms with Gasteiger partial charge in [-0.3, -0.25) is 9.79 Å². The van der Waals surface area contributed by atoms with Gasteiger partial charge >= 0.3 is 6.18 Å². The number of furan rings is 1. The molecular weight excluding hydrogens is 432 g/mol. The van der Waals surface area contributed by atoms with Crippen molar-refractivity contribution in [1.82, 2.24) is 15.2 Å². The summed E-state index contributed by atoms with van der Waals surface area (Å²) in [4.78, 5) is 21.9. The van der Waals surface area contributed by atoms with Crippen molar-refractivity contribution in [2.75, 3.05) is 18.8 Å². The predicted octanol–water partition coefficient (Wildman–Crippen LogP) is 2.94. The first-order valence-electron chi connectivity index (χ1n) is 9.59. The molecule has 0 aliphatic carbocycles. The number of nitrogen functional groups attached to an aromatic ring is 1. The third-order valence-corrected chi connectivity index (χ3v) is 5.05. The lowest BCUT2D eigenvalue weighted by molar-refractivity contribution is -0.186. The number of anilines is 1. The lowest BCUT2D eigenvalue weighted by Crippen LogP contribution is -2.51. The van der Waals surface area contributed by atoms with Gasteiger partial charge in [0.2, 0.25) is 5.88 Å². The highest BCUT2D eigenvalue weighted by molar-refractivity contribution is 6.09. The molecular formula is C20H22F4N6O2. The quantitative estimate of drug-likeness (QED) is 0.363. The lowest BCUT2D eigenvalue weighted by atomic mass is 9.93. The Balaban J connectivity index is 1.91. The number of nitrogens with one attached hydrogen (secondary N) is 1. The van der Waals surface area contributed by atoms with E-state index in [0.29, 0.717) is 0 Å². The van der Waals surface area contributed by atoms with Crippen LogP contribution in [0.15, 0.2) is 45.3 Å². The van der Waals surface area contributed by atoms with Gasteiger partial charge in [0.25, 0.3) is 5.91 Å². The van der Waals surface area contributed by atoms with E-state index in [2.05, 4.69) is 22.0 Å². The number of likely N-dealkylation sites (tertiary alicyclic amines) is 1. The number of nitrogens with zero attached hydrogens (tertiary/aromatic N) is 3. The molecule has 5 N–H and O–H groups in total. The highest BCUT2D eigenvalue weighted by Gasteiger charge is 2.44. The molecule has 1 aliphatic heterocycles. The summed E-state index contributed by atoms with van der Waals surface area (Å²) in [7, 11) is 0. The van der Waals surface area contributed by atoms with Gasteiger partial charge in [-0.15, -0.1) is 0 Å². The molecule has 0 unspecified atom stereocenters. The van der Waals surface area contributed by atoms with Crippen LogP contribution in [0.3, 0.4) is 0 Å². The van der Waals surface area contributed by atoms with E-state index in [4.69, 9.17) is 15.9 Å². The zero-order valence-corrected chi connectivity index (χ0v) is 17.1. The maximum Gasteiger partial charge on any atom is 0.393 e. The van der Waals surface area contributed by atoms with Crippen LogP contribution in [0, 0.1) is 11.7 Å². The Hall–Kier alpha value is -3.41. The van der Waals surface area contributed by atoms with Crippen molar-refractivity contribution in [2.24, 2.45) is 16.6 Å². The van der Waals surface area contributed by atoms with E-state index in [9.17, 15) is 22.4 Å². The number of carbonyl (C=O) groups is 1. The van der Waals surface area contributed by atoms with Gasteiger partial charge in [-0.2, -0.15) is 13.2 Å². The van der Waals surface area contributed by atoms with Gasteiger partial charge in [0, 0.05) is 25.2 Å². The van der Waals surface area contributed by atoms with Crippen LogP contribution in [-0.4, -0.2) is 47.8 Å². The van der Waals surface area contributed by atoms with Crippen LogP contribution in [0.4, 0.5) is 23.4 Å². The molecule has 2 aromatic heterocycles. The summed E-state index contributed by atoms with van der Waals surface area (Å²) in [5.41, 5.74) is 11.9. The SMILES string of the molecule is C=N/C=C(NC(=O)c1c(N)oc2cc(F)cnc12)\C(=C/C)N1C[C@@H](N)C[C@@H](C(F)(F)F)C1. The minimum absolute atomic E-state index is 0.0266. The number of alkyl halides is 3. The number of hydrogen-bond acceptors (Lipinski definition) is 7. The molecule has 0 radical (unpaired) electrons. The third kappa shape index (κ3) is 4.74. The number of piperidine rings is 1. The molecule has 2 atom stereocenters. The molecule has 0 spiro atoms. The zero-order chi connectivity index (χ0) is 23.6. The fourth-order valence-corrected chi connectivity index (χ4v) is 3.71. The second kappa shape index (κ2) is 8.99. The number of hydrogen-bond donors (Lipinski definition) is 3. The summed E-state index contributed by atoms with van der Waals surface area (Å²) in [6, 6.07) is 0.313. The van der Waals surface area contributed by atoms with Crippen molar-refractivity contribution in [3.05, 3.63) is 47.3 Å². The van der Waals surface area contributed by atoms with E-state index >= 15 is 0 Å². The van der Waals surface area contributed by atoms with Crippen LogP contribution < -0.4 is 16.8 Å². The number of allylic oxidation sites excluding steroid dienone is 1. The third-order valence-electron chi connectivity index (χ3n) is 5.05. The highest BCUT2D eigenvalue weighted by atomic mass is 19.4. The number of pyridine rings is 1. The normalized spacial score (nSPS) is 20.5. The van der Waals surface area contributed by atoms with Crippen molar-refractivity contribution in [1.29, 1.82) is 0 Å². The number of fused-ring (bicyclic) bond motifs is 1. The number of rotatable bonds is 5. The number of halogens is 4. The van der Waals surface area contributed by atoms with Gasteiger partial charge in [0.1, 0.15) is 16.9 Å². The predicted molar refractivity (Wildman–Crippen MR) is 111 cm³/mol. The smallest absolute Gasteiger partial charge is 0.393 e. The van der Waals surface area contributed by atoms with Crippen LogP contribution in [0.5, 0.6) is 0 Å². The summed E-state index contributed by atoms with van der Waals surface area (Å²) >= 11 is 0. The van der Waals surface area contributed by atoms with Crippen molar-refractivity contribution in [3.8, 4) is 0 Å². The summed E-state index contributed by atoms with van der Waals surface area (Å²) in [5, 5.41) is 2.57. The van der Waals surface area contributed by atoms with Crippen molar-refractivity contribution < 1.29 is 26.8 Å². The molecule has 0 aromatic carbocycles. The van der Waals surface area contributed by atoms with E-state index in [1.54, 1.807) is 6.92 Å². The Morgan fingerprint density at radius 3 is 2.78 bits per heavy atom. The number of aromatic nitrogens is 1. The molecule has 1 aliphatic rings. The highest BCUT2D eigenvalue weighted by Crippen LogP contribution is 2.35. The zero-order valence-electron chi connectivity index (χ0n) is 17.1. The number of nitrogens with two attached hydrogens (primary N) is 2. The van der Waals surface area contributed by atoms with Gasteiger partial charge in [-0.25, -0.2) is 9.37 Å². The molecule has 1 amide bonds. The molecule has 3 heterocycles. The minimum Gasteiger partial charge on any atom is -0.438 e. The summed E-state index contributed by atoms with van der Waals surface area (Å²) in [6.45, 7) is 4.77. The van der Waals surface area contributed by atoms with Crippen LogP contribution in [0.1, 0.15) is 23.7 Å². The van der Waals surface area contributed by atoms with Gasteiger partial charge in [-0.1, -0.05) is 6.08 Å². The van der Waals surface area contributed by atoms with Gasteiger partial charge in [-0.05, 0) is 20.1 Å². The van der Waals surface area contributed by atoms with Crippen LogP contribution in [0.25, 0.3) is 11.1 Å². The largest absolute Gasteiger partial charge is 0.438 e. The number of amides is 1. The molecule has 1 saturated heterocycles. The molecule has 0 bridgehead atoms. The Bertz CT molecular complexity index is 1090. The number of carbonyl (C=O) groups excluding carboxylic acids is 1. The first-order chi connectivity index (χ1) is 15.0. The fourth-order valence-electron chi connectivity index (χ4n) is 3.71. The van der Waals surface area contributed by atoms with Crippen LogP contribution in [0.2, 0.25) is 0 Å². The Kier molecular flexibility index (Phi) is 6.53. The van der Waals surface area contributed by atoms with E-state index in [0.717, 1.165) is 12.3 Å². The second-order valence-corrected chi connectivity index (χ2v) is 7.33. The Morgan fingerprint density at radius 2 is 2.16 bits per heavy atom. The molecule has 2 aromatic rings. The monoisotopic (exact) mass is 454 g/mol. The molecule has 8 nitrogen and oxygen atoms in total. The molecule has 12 heteroatoms. The molecule has 3 rings (SSSR count). The molecule has 32 heavy (non-hydrogen) atoms. The average Bonchev–Trinajstić information content (AvgIpc) is 3.02. The average molecular weight is 454 g/mol. The van der Waals surface area contributed by atoms with E-state index in [1.165, 1.54) is 17.2 Å². The van der Waals surface area contributed by atoms with E-state index in [1.807, 2.05) is 0 Å². The molecule has 1 fully saturated rings.